The fourth-order valence-corrected chi connectivity index (χ4v) is 2.05. The van der Waals surface area contributed by atoms with Gasteiger partial charge in [-0.2, -0.15) is 0 Å². The summed E-state index contributed by atoms with van der Waals surface area (Å²) < 4.78 is 10.4. The predicted octanol–water partition coefficient (Wildman–Crippen LogP) is 1.86. The SMILES string of the molecule is CC(C)(C)OC(=O)Nc1ccc(-c2nc(C(=O)NC(CO)C(=O)O)co2)cc1. The molecule has 0 aliphatic rings. The monoisotopic (exact) mass is 391 g/mol. The van der Waals surface area contributed by atoms with Crippen molar-refractivity contribution in [1.29, 1.82) is 0 Å². The minimum Gasteiger partial charge on any atom is -0.480 e. The van der Waals surface area contributed by atoms with Gasteiger partial charge in [-0.15, -0.1) is 0 Å². The first-order chi connectivity index (χ1) is 13.1. The molecule has 2 aromatic rings. The Balaban J connectivity index is 2.04. The van der Waals surface area contributed by atoms with Gasteiger partial charge in [0.2, 0.25) is 5.89 Å². The zero-order valence-corrected chi connectivity index (χ0v) is 15.6. The molecular weight excluding hydrogens is 370 g/mol. The lowest BCUT2D eigenvalue weighted by atomic mass is 10.2. The van der Waals surface area contributed by atoms with Crippen LogP contribution in [0.3, 0.4) is 0 Å². The number of aliphatic hydroxyl groups is 1. The van der Waals surface area contributed by atoms with Crippen LogP contribution < -0.4 is 10.6 Å². The number of anilines is 1. The van der Waals surface area contributed by atoms with Crippen LogP contribution in [0.2, 0.25) is 0 Å². The lowest BCUT2D eigenvalue weighted by Gasteiger charge is -2.19. The van der Waals surface area contributed by atoms with Crippen LogP contribution in [0, 0.1) is 0 Å². The molecule has 1 unspecified atom stereocenters. The Kier molecular flexibility index (Phi) is 6.37. The number of hydrogen-bond donors (Lipinski definition) is 4. The normalized spacial score (nSPS) is 12.1. The van der Waals surface area contributed by atoms with E-state index in [1.807, 2.05) is 0 Å². The molecule has 1 aromatic heterocycles. The maximum atomic E-state index is 12.0. The fourth-order valence-electron chi connectivity index (χ4n) is 2.05. The third-order valence-electron chi connectivity index (χ3n) is 3.30. The number of aliphatic carboxylic acids is 1. The molecule has 0 spiro atoms. The summed E-state index contributed by atoms with van der Waals surface area (Å²) >= 11 is 0. The number of aromatic nitrogens is 1. The minimum absolute atomic E-state index is 0.129. The van der Waals surface area contributed by atoms with Crippen LogP contribution >= 0.6 is 0 Å². The number of carbonyl (C=O) groups excluding carboxylic acids is 2. The Labute approximate surface area is 160 Å². The topological polar surface area (TPSA) is 151 Å². The molecule has 0 fully saturated rings. The first kappa shape index (κ1) is 20.9. The first-order valence-electron chi connectivity index (χ1n) is 8.29. The summed E-state index contributed by atoms with van der Waals surface area (Å²) in [5, 5.41) is 22.5. The van der Waals surface area contributed by atoms with E-state index in [2.05, 4.69) is 15.6 Å². The molecule has 10 heteroatoms. The van der Waals surface area contributed by atoms with Crippen molar-refractivity contribution in [2.45, 2.75) is 32.4 Å². The molecule has 0 saturated heterocycles. The Morgan fingerprint density at radius 2 is 1.86 bits per heavy atom. The third kappa shape index (κ3) is 5.81. The van der Waals surface area contributed by atoms with Gasteiger partial charge in [0.05, 0.1) is 6.61 Å². The van der Waals surface area contributed by atoms with Crippen molar-refractivity contribution in [3.05, 3.63) is 36.2 Å². The molecular formula is C18H21N3O7. The van der Waals surface area contributed by atoms with E-state index in [-0.39, 0.29) is 11.6 Å². The van der Waals surface area contributed by atoms with Gasteiger partial charge < -0.3 is 24.7 Å². The van der Waals surface area contributed by atoms with Crippen LogP contribution in [0.5, 0.6) is 0 Å². The van der Waals surface area contributed by atoms with Crippen LogP contribution in [0.4, 0.5) is 10.5 Å². The van der Waals surface area contributed by atoms with Gasteiger partial charge in [-0.05, 0) is 45.0 Å². The molecule has 1 atom stereocenters. The standard InChI is InChI=1S/C18H21N3O7/c1-18(2,3)28-17(26)19-11-6-4-10(5-7-11)15-21-13(9-27-15)14(23)20-12(8-22)16(24)25/h4-7,9,12,22H,8H2,1-3H3,(H,19,26)(H,20,23)(H,24,25). The van der Waals surface area contributed by atoms with Gasteiger partial charge >= 0.3 is 12.1 Å². The highest BCUT2D eigenvalue weighted by atomic mass is 16.6. The second-order valence-corrected chi connectivity index (χ2v) is 6.79. The Hall–Kier alpha value is -3.40. The molecule has 4 N–H and O–H groups in total. The summed E-state index contributed by atoms with van der Waals surface area (Å²) in [7, 11) is 0. The summed E-state index contributed by atoms with van der Waals surface area (Å²) in [6.45, 7) is 4.51. The van der Waals surface area contributed by atoms with E-state index in [1.54, 1.807) is 45.0 Å². The number of carbonyl (C=O) groups is 3. The lowest BCUT2D eigenvalue weighted by molar-refractivity contribution is -0.140. The van der Waals surface area contributed by atoms with Crippen molar-refractivity contribution in [2.75, 3.05) is 11.9 Å². The van der Waals surface area contributed by atoms with Crippen molar-refractivity contribution in [3.63, 3.8) is 0 Å². The lowest BCUT2D eigenvalue weighted by Crippen LogP contribution is -2.43. The number of amides is 2. The molecule has 0 bridgehead atoms. The molecule has 0 radical (unpaired) electrons. The molecule has 2 amide bonds. The number of nitrogens with one attached hydrogen (secondary N) is 2. The summed E-state index contributed by atoms with van der Waals surface area (Å²) in [6.07, 6.45) is 0.487. The Morgan fingerprint density at radius 1 is 1.21 bits per heavy atom. The smallest absolute Gasteiger partial charge is 0.412 e. The van der Waals surface area contributed by atoms with E-state index in [0.29, 0.717) is 11.3 Å². The zero-order valence-electron chi connectivity index (χ0n) is 15.6. The number of carboxylic acid groups (broad SMARTS) is 1. The van der Waals surface area contributed by atoms with Gasteiger partial charge in [0, 0.05) is 11.3 Å². The summed E-state index contributed by atoms with van der Waals surface area (Å²) in [6, 6.07) is 5.01. The molecule has 10 nitrogen and oxygen atoms in total. The van der Waals surface area contributed by atoms with E-state index in [4.69, 9.17) is 19.4 Å². The number of nitrogens with zero attached hydrogens (tertiary/aromatic N) is 1. The van der Waals surface area contributed by atoms with Crippen molar-refractivity contribution < 1.29 is 33.8 Å². The van der Waals surface area contributed by atoms with Gasteiger partial charge in [0.25, 0.3) is 5.91 Å². The molecule has 150 valence electrons. The Morgan fingerprint density at radius 3 is 2.39 bits per heavy atom. The van der Waals surface area contributed by atoms with Gasteiger partial charge in [0.1, 0.15) is 11.9 Å². The van der Waals surface area contributed by atoms with Crippen molar-refractivity contribution in [2.24, 2.45) is 0 Å². The molecule has 1 aromatic carbocycles. The molecule has 2 rings (SSSR count). The highest BCUT2D eigenvalue weighted by molar-refractivity contribution is 5.95. The average molecular weight is 391 g/mol. The largest absolute Gasteiger partial charge is 0.480 e. The molecule has 0 aliphatic carbocycles. The minimum atomic E-state index is -1.44. The summed E-state index contributed by atoms with van der Waals surface area (Å²) in [5.41, 5.74) is 0.278. The molecule has 0 saturated carbocycles. The number of benzene rings is 1. The maximum Gasteiger partial charge on any atom is 0.412 e. The number of ether oxygens (including phenoxy) is 1. The number of oxazole rings is 1. The van der Waals surface area contributed by atoms with E-state index < -0.39 is 36.2 Å². The number of hydrogen-bond acceptors (Lipinski definition) is 7. The highest BCUT2D eigenvalue weighted by Gasteiger charge is 2.22. The second-order valence-electron chi connectivity index (χ2n) is 6.79. The van der Waals surface area contributed by atoms with Gasteiger partial charge in [-0.3, -0.25) is 10.1 Å². The maximum absolute atomic E-state index is 12.0. The quantitative estimate of drug-likeness (QED) is 0.582. The number of rotatable bonds is 6. The van der Waals surface area contributed by atoms with Crippen molar-refractivity contribution in [3.8, 4) is 11.5 Å². The number of carboxylic acids is 1. The van der Waals surface area contributed by atoms with Crippen LogP contribution in [0.25, 0.3) is 11.5 Å². The van der Waals surface area contributed by atoms with E-state index in [0.717, 1.165) is 6.26 Å². The van der Waals surface area contributed by atoms with E-state index in [9.17, 15) is 14.4 Å². The van der Waals surface area contributed by atoms with Crippen molar-refractivity contribution >= 4 is 23.7 Å². The van der Waals surface area contributed by atoms with Crippen LogP contribution in [-0.2, 0) is 9.53 Å². The summed E-state index contributed by atoms with van der Waals surface area (Å²) in [5.74, 6) is -2.03. The van der Waals surface area contributed by atoms with E-state index in [1.165, 1.54) is 0 Å². The summed E-state index contributed by atoms with van der Waals surface area (Å²) in [4.78, 5) is 38.6. The zero-order chi connectivity index (χ0) is 20.9. The Bertz CT molecular complexity index is 853. The van der Waals surface area contributed by atoms with Crippen molar-refractivity contribution in [1.82, 2.24) is 10.3 Å². The second kappa shape index (κ2) is 8.53. The van der Waals surface area contributed by atoms with Crippen LogP contribution in [-0.4, -0.2) is 51.4 Å². The fraction of sp³-hybridized carbons (Fsp3) is 0.333. The van der Waals surface area contributed by atoms with Gasteiger partial charge in [-0.1, -0.05) is 0 Å². The van der Waals surface area contributed by atoms with Crippen LogP contribution in [0.1, 0.15) is 31.3 Å². The first-order valence-corrected chi connectivity index (χ1v) is 8.29. The highest BCUT2D eigenvalue weighted by Crippen LogP contribution is 2.21. The predicted molar refractivity (Wildman–Crippen MR) is 97.8 cm³/mol. The number of aliphatic hydroxyl groups excluding tert-OH is 1. The molecule has 0 aliphatic heterocycles. The van der Waals surface area contributed by atoms with Gasteiger partial charge in [-0.25, -0.2) is 14.6 Å². The average Bonchev–Trinajstić information content (AvgIpc) is 3.08. The van der Waals surface area contributed by atoms with Gasteiger partial charge in [0.15, 0.2) is 11.7 Å². The third-order valence-corrected chi connectivity index (χ3v) is 3.30. The van der Waals surface area contributed by atoms with Crippen LogP contribution in [0.15, 0.2) is 34.9 Å². The van der Waals surface area contributed by atoms with E-state index >= 15 is 0 Å². The molecule has 28 heavy (non-hydrogen) atoms. The molecule has 1 heterocycles.